The Balaban J connectivity index is 1.84. The predicted octanol–water partition coefficient (Wildman–Crippen LogP) is 3.52. The fourth-order valence-electron chi connectivity index (χ4n) is 2.77. The molecule has 3 rings (SSSR count). The van der Waals surface area contributed by atoms with E-state index >= 15 is 0 Å². The number of hydrogen-bond acceptors (Lipinski definition) is 4. The van der Waals surface area contributed by atoms with E-state index in [0.29, 0.717) is 24.2 Å². The number of carbonyl (C=O) groups is 2. The van der Waals surface area contributed by atoms with Gasteiger partial charge in [-0.3, -0.25) is 9.59 Å². The zero-order valence-electron chi connectivity index (χ0n) is 14.9. The molecule has 1 aliphatic heterocycles. The zero-order valence-corrected chi connectivity index (χ0v) is 17.3. The van der Waals surface area contributed by atoms with Crippen LogP contribution in [0.5, 0.6) is 0 Å². The number of benzene rings is 2. The number of halogens is 1. The Hall–Kier alpha value is -2.19. The van der Waals surface area contributed by atoms with Gasteiger partial charge in [-0.25, -0.2) is 8.42 Å². The van der Waals surface area contributed by atoms with Gasteiger partial charge in [0, 0.05) is 22.3 Å². The van der Waals surface area contributed by atoms with Crippen LogP contribution in [0.2, 0.25) is 0 Å². The maximum absolute atomic E-state index is 12.9. The number of sulfone groups is 1. The van der Waals surface area contributed by atoms with Crippen LogP contribution in [-0.2, 0) is 25.8 Å². The molecule has 8 heteroatoms. The highest BCUT2D eigenvalue weighted by Gasteiger charge is 2.42. The van der Waals surface area contributed by atoms with Crippen molar-refractivity contribution in [3.05, 3.63) is 52.5 Å². The third-order valence-corrected chi connectivity index (χ3v) is 7.55. The summed E-state index contributed by atoms with van der Waals surface area (Å²) in [5, 5.41) is 5.46. The lowest BCUT2D eigenvalue weighted by Gasteiger charge is -2.24. The normalized spacial score (nSPS) is 14.3. The van der Waals surface area contributed by atoms with Gasteiger partial charge in [-0.1, -0.05) is 15.9 Å². The number of amides is 2. The molecule has 2 amide bonds. The van der Waals surface area contributed by atoms with Crippen LogP contribution in [0.3, 0.4) is 0 Å². The van der Waals surface area contributed by atoms with Crippen molar-refractivity contribution >= 4 is 49.0 Å². The van der Waals surface area contributed by atoms with Crippen LogP contribution in [0.4, 0.5) is 11.4 Å². The molecule has 27 heavy (non-hydrogen) atoms. The van der Waals surface area contributed by atoms with Crippen molar-refractivity contribution in [3.8, 4) is 0 Å². The molecule has 0 unspecified atom stereocenters. The van der Waals surface area contributed by atoms with Gasteiger partial charge in [-0.2, -0.15) is 0 Å². The predicted molar refractivity (Wildman–Crippen MR) is 107 cm³/mol. The first-order valence-corrected chi connectivity index (χ1v) is 10.6. The van der Waals surface area contributed by atoms with Gasteiger partial charge in [0.2, 0.25) is 11.8 Å². The molecule has 0 spiro atoms. The Labute approximate surface area is 166 Å². The lowest BCUT2D eigenvalue weighted by molar-refractivity contribution is -0.118. The summed E-state index contributed by atoms with van der Waals surface area (Å²) in [7, 11) is -3.89. The van der Waals surface area contributed by atoms with Crippen LogP contribution in [0.15, 0.2) is 51.8 Å². The van der Waals surface area contributed by atoms with Gasteiger partial charge in [0.25, 0.3) is 0 Å². The quantitative estimate of drug-likeness (QED) is 0.744. The van der Waals surface area contributed by atoms with Crippen molar-refractivity contribution in [2.75, 3.05) is 10.6 Å². The number of anilines is 2. The van der Waals surface area contributed by atoms with E-state index in [2.05, 4.69) is 26.6 Å². The van der Waals surface area contributed by atoms with Gasteiger partial charge in [-0.15, -0.1) is 0 Å². The van der Waals surface area contributed by atoms with E-state index in [4.69, 9.17) is 0 Å². The van der Waals surface area contributed by atoms with Crippen molar-refractivity contribution < 1.29 is 18.0 Å². The molecular formula is C19H19BrN2O4S. The maximum Gasteiger partial charge on any atom is 0.245 e. The maximum atomic E-state index is 12.9. The van der Waals surface area contributed by atoms with E-state index in [9.17, 15) is 18.0 Å². The Kier molecular flexibility index (Phi) is 5.14. The van der Waals surface area contributed by atoms with Crippen LogP contribution in [0, 0.1) is 0 Å². The second kappa shape index (κ2) is 7.09. The van der Waals surface area contributed by atoms with Crippen LogP contribution >= 0.6 is 15.9 Å². The first-order valence-electron chi connectivity index (χ1n) is 8.36. The van der Waals surface area contributed by atoms with Gasteiger partial charge < -0.3 is 10.6 Å². The first-order chi connectivity index (χ1) is 12.6. The second-order valence-corrected chi connectivity index (χ2v) is 10.3. The smallest absolute Gasteiger partial charge is 0.245 e. The van der Waals surface area contributed by atoms with Gasteiger partial charge in [0.1, 0.15) is 4.75 Å². The summed E-state index contributed by atoms with van der Waals surface area (Å²) in [6.07, 6.45) is 0.958. The van der Waals surface area contributed by atoms with E-state index in [1.807, 2.05) is 0 Å². The molecule has 1 heterocycles. The molecule has 0 atom stereocenters. The molecule has 6 nitrogen and oxygen atoms in total. The highest BCUT2D eigenvalue weighted by Crippen LogP contribution is 2.30. The first kappa shape index (κ1) is 19.6. The third kappa shape index (κ3) is 3.77. The number of carbonyl (C=O) groups excluding carboxylic acids is 2. The van der Waals surface area contributed by atoms with Crippen LogP contribution < -0.4 is 10.6 Å². The fraction of sp³-hybridized carbons (Fsp3) is 0.263. The number of aryl methyl sites for hydroxylation is 1. The van der Waals surface area contributed by atoms with Crippen LogP contribution in [0.1, 0.15) is 25.8 Å². The largest absolute Gasteiger partial charge is 0.326 e. The molecular weight excluding hydrogens is 432 g/mol. The number of rotatable bonds is 4. The topological polar surface area (TPSA) is 92.3 Å². The Morgan fingerprint density at radius 3 is 2.44 bits per heavy atom. The molecule has 1 aliphatic rings. The molecule has 0 saturated carbocycles. The molecule has 0 aliphatic carbocycles. The molecule has 142 valence electrons. The Morgan fingerprint density at radius 1 is 1.11 bits per heavy atom. The summed E-state index contributed by atoms with van der Waals surface area (Å²) in [6.45, 7) is 2.77. The minimum atomic E-state index is -3.89. The highest BCUT2D eigenvalue weighted by molar-refractivity contribution is 9.10. The lowest BCUT2D eigenvalue weighted by Crippen LogP contribution is -2.44. The summed E-state index contributed by atoms with van der Waals surface area (Å²) >= 11 is 3.27. The molecule has 0 bridgehead atoms. The summed E-state index contributed by atoms with van der Waals surface area (Å²) in [6, 6.07) is 11.3. The lowest BCUT2D eigenvalue weighted by atomic mass is 10.0. The SMILES string of the molecule is CC(C)(C(=O)Nc1ccc2c(c1)CCC(=O)N2)S(=O)(=O)c1ccc(Br)cc1. The molecule has 0 saturated heterocycles. The van der Waals surface area contributed by atoms with E-state index in [1.54, 1.807) is 30.3 Å². The molecule has 0 radical (unpaired) electrons. The average Bonchev–Trinajstić information content (AvgIpc) is 2.62. The molecule has 2 aromatic carbocycles. The number of hydrogen-bond donors (Lipinski definition) is 2. The fourth-order valence-corrected chi connectivity index (χ4v) is 4.42. The van der Waals surface area contributed by atoms with Gasteiger partial charge in [-0.05, 0) is 68.3 Å². The van der Waals surface area contributed by atoms with Crippen molar-refractivity contribution in [1.82, 2.24) is 0 Å². The average molecular weight is 451 g/mol. The Bertz CT molecular complexity index is 1010. The summed E-state index contributed by atoms with van der Waals surface area (Å²) in [4.78, 5) is 24.3. The Morgan fingerprint density at radius 2 is 1.78 bits per heavy atom. The van der Waals surface area contributed by atoms with Crippen LogP contribution in [0.25, 0.3) is 0 Å². The minimum absolute atomic E-state index is 0.0407. The van der Waals surface area contributed by atoms with Gasteiger partial charge in [0.05, 0.1) is 4.90 Å². The minimum Gasteiger partial charge on any atom is -0.326 e. The summed E-state index contributed by atoms with van der Waals surface area (Å²) in [5.41, 5.74) is 2.11. The zero-order chi connectivity index (χ0) is 19.8. The monoisotopic (exact) mass is 450 g/mol. The highest BCUT2D eigenvalue weighted by atomic mass is 79.9. The van der Waals surface area contributed by atoms with E-state index in [-0.39, 0.29) is 10.8 Å². The summed E-state index contributed by atoms with van der Waals surface area (Å²) in [5.74, 6) is -0.661. The van der Waals surface area contributed by atoms with Crippen molar-refractivity contribution in [2.24, 2.45) is 0 Å². The molecule has 0 fully saturated rings. The molecule has 0 aromatic heterocycles. The van der Waals surface area contributed by atoms with E-state index in [1.165, 1.54) is 26.0 Å². The van der Waals surface area contributed by atoms with Crippen LogP contribution in [-0.4, -0.2) is 25.0 Å². The van der Waals surface area contributed by atoms with Gasteiger partial charge in [0.15, 0.2) is 9.84 Å². The molecule has 2 aromatic rings. The number of fused-ring (bicyclic) bond motifs is 1. The van der Waals surface area contributed by atoms with Gasteiger partial charge >= 0.3 is 0 Å². The van der Waals surface area contributed by atoms with Crippen molar-refractivity contribution in [1.29, 1.82) is 0 Å². The van der Waals surface area contributed by atoms with E-state index in [0.717, 1.165) is 10.0 Å². The van der Waals surface area contributed by atoms with Crippen molar-refractivity contribution in [3.63, 3.8) is 0 Å². The number of nitrogens with one attached hydrogen (secondary N) is 2. The second-order valence-electron chi connectivity index (χ2n) is 6.84. The summed E-state index contributed by atoms with van der Waals surface area (Å²) < 4.78 is 25.0. The standard InChI is InChI=1S/C19H19BrN2O4S/c1-19(2,27(25,26)15-7-4-13(20)5-8-15)18(24)21-14-6-9-16-12(11-14)3-10-17(23)22-16/h4-9,11H,3,10H2,1-2H3,(H,21,24)(H,22,23). The van der Waals surface area contributed by atoms with E-state index < -0.39 is 20.5 Å². The molecule has 2 N–H and O–H groups in total. The van der Waals surface area contributed by atoms with Crippen molar-refractivity contribution in [2.45, 2.75) is 36.3 Å². The third-order valence-electron chi connectivity index (χ3n) is 4.60.